The predicted molar refractivity (Wildman–Crippen MR) is 102 cm³/mol. The van der Waals surface area contributed by atoms with Crippen molar-refractivity contribution >= 4 is 11.6 Å². The first-order valence-corrected chi connectivity index (χ1v) is 9.04. The van der Waals surface area contributed by atoms with Crippen LogP contribution in [0.15, 0.2) is 42.7 Å². The topological polar surface area (TPSA) is 66.5 Å². The number of carbonyl (C=O) groups excluding carboxylic acids is 1. The third kappa shape index (κ3) is 5.28. The van der Waals surface area contributed by atoms with Crippen LogP contribution >= 0.6 is 0 Å². The third-order valence-electron chi connectivity index (χ3n) is 4.56. The zero-order chi connectivity index (χ0) is 18.2. The molecule has 1 aromatic carbocycles. The molecule has 6 nitrogen and oxygen atoms in total. The lowest BCUT2D eigenvalue weighted by Gasteiger charge is -2.26. The van der Waals surface area contributed by atoms with E-state index in [1.54, 1.807) is 12.4 Å². The molecule has 1 aliphatic rings. The number of carbonyl (C=O) groups is 1. The van der Waals surface area contributed by atoms with Crippen molar-refractivity contribution in [2.75, 3.05) is 44.7 Å². The minimum Gasteiger partial charge on any atom is -0.382 e. The Kier molecular flexibility index (Phi) is 6.57. The van der Waals surface area contributed by atoms with Crippen molar-refractivity contribution < 1.29 is 9.53 Å². The second-order valence-corrected chi connectivity index (χ2v) is 6.45. The van der Waals surface area contributed by atoms with Gasteiger partial charge in [-0.05, 0) is 24.1 Å². The number of anilines is 1. The van der Waals surface area contributed by atoms with Crippen LogP contribution in [0.2, 0.25) is 0 Å². The first kappa shape index (κ1) is 18.4. The van der Waals surface area contributed by atoms with Crippen LogP contribution in [0.1, 0.15) is 21.5 Å². The first-order chi connectivity index (χ1) is 12.7. The number of pyridine rings is 1. The summed E-state index contributed by atoms with van der Waals surface area (Å²) < 4.78 is 5.35. The van der Waals surface area contributed by atoms with Gasteiger partial charge < -0.3 is 15.4 Å². The fourth-order valence-electron chi connectivity index (χ4n) is 2.93. The van der Waals surface area contributed by atoms with E-state index in [-0.39, 0.29) is 5.91 Å². The van der Waals surface area contributed by atoms with Crippen molar-refractivity contribution in [2.24, 2.45) is 0 Å². The lowest BCUT2D eigenvalue weighted by molar-refractivity contribution is 0.0398. The number of nitrogens with one attached hydrogen (secondary N) is 2. The first-order valence-electron chi connectivity index (χ1n) is 9.04. The summed E-state index contributed by atoms with van der Waals surface area (Å²) in [5.41, 5.74) is 3.72. The van der Waals surface area contributed by atoms with Gasteiger partial charge in [0.25, 0.3) is 5.91 Å². The number of nitrogens with zero attached hydrogens (tertiary/aromatic N) is 2. The molecule has 0 bridgehead atoms. The van der Waals surface area contributed by atoms with Gasteiger partial charge in [0.15, 0.2) is 0 Å². The Hall–Kier alpha value is -2.44. The molecule has 0 unspecified atom stereocenters. The van der Waals surface area contributed by atoms with Crippen LogP contribution in [-0.4, -0.2) is 55.2 Å². The van der Waals surface area contributed by atoms with Gasteiger partial charge in [-0.3, -0.25) is 14.7 Å². The summed E-state index contributed by atoms with van der Waals surface area (Å²) in [6.07, 6.45) is 3.35. The van der Waals surface area contributed by atoms with E-state index in [4.69, 9.17) is 4.74 Å². The highest BCUT2D eigenvalue weighted by Crippen LogP contribution is 2.10. The minimum absolute atomic E-state index is 0.113. The van der Waals surface area contributed by atoms with Crippen molar-refractivity contribution in [1.29, 1.82) is 0 Å². The molecule has 1 amide bonds. The van der Waals surface area contributed by atoms with Crippen molar-refractivity contribution in [3.05, 3.63) is 59.4 Å². The van der Waals surface area contributed by atoms with E-state index in [0.29, 0.717) is 12.1 Å². The predicted octanol–water partition coefficient (Wildman–Crippen LogP) is 2.06. The molecule has 6 heteroatoms. The van der Waals surface area contributed by atoms with E-state index in [9.17, 15) is 4.79 Å². The SMILES string of the molecule is Cc1ccccc1CNC(=O)c1cncc(NCCN2CCOCC2)c1. The van der Waals surface area contributed by atoms with E-state index in [0.717, 1.165) is 50.6 Å². The Morgan fingerprint density at radius 3 is 2.85 bits per heavy atom. The molecule has 1 saturated heterocycles. The third-order valence-corrected chi connectivity index (χ3v) is 4.56. The van der Waals surface area contributed by atoms with Gasteiger partial charge in [-0.1, -0.05) is 24.3 Å². The monoisotopic (exact) mass is 354 g/mol. The maximum Gasteiger partial charge on any atom is 0.253 e. The molecule has 0 atom stereocenters. The van der Waals surface area contributed by atoms with E-state index in [2.05, 4.69) is 20.5 Å². The fraction of sp³-hybridized carbons (Fsp3) is 0.400. The summed E-state index contributed by atoms with van der Waals surface area (Å²) in [6.45, 7) is 7.88. The van der Waals surface area contributed by atoms with Gasteiger partial charge in [0.1, 0.15) is 0 Å². The second kappa shape index (κ2) is 9.31. The number of amides is 1. The van der Waals surface area contributed by atoms with Gasteiger partial charge in [-0.15, -0.1) is 0 Å². The molecule has 138 valence electrons. The molecule has 0 spiro atoms. The van der Waals surface area contributed by atoms with Crippen LogP contribution in [0.5, 0.6) is 0 Å². The number of aromatic nitrogens is 1. The van der Waals surface area contributed by atoms with Crippen molar-refractivity contribution in [3.8, 4) is 0 Å². The number of aryl methyl sites for hydroxylation is 1. The van der Waals surface area contributed by atoms with Crippen molar-refractivity contribution in [3.63, 3.8) is 0 Å². The normalized spacial score (nSPS) is 14.8. The minimum atomic E-state index is -0.113. The number of benzene rings is 1. The van der Waals surface area contributed by atoms with E-state index in [1.165, 1.54) is 5.56 Å². The average Bonchev–Trinajstić information content (AvgIpc) is 2.68. The van der Waals surface area contributed by atoms with Crippen molar-refractivity contribution in [1.82, 2.24) is 15.2 Å². The van der Waals surface area contributed by atoms with Gasteiger partial charge in [0.2, 0.25) is 0 Å². The lowest BCUT2D eigenvalue weighted by Crippen LogP contribution is -2.39. The summed E-state index contributed by atoms with van der Waals surface area (Å²) >= 11 is 0. The van der Waals surface area contributed by atoms with Gasteiger partial charge in [0, 0.05) is 45.1 Å². The van der Waals surface area contributed by atoms with Gasteiger partial charge in [-0.25, -0.2) is 0 Å². The van der Waals surface area contributed by atoms with Crippen LogP contribution < -0.4 is 10.6 Å². The largest absolute Gasteiger partial charge is 0.382 e. The Morgan fingerprint density at radius 2 is 2.04 bits per heavy atom. The smallest absolute Gasteiger partial charge is 0.253 e. The van der Waals surface area contributed by atoms with Crippen LogP contribution in [0.4, 0.5) is 5.69 Å². The molecular formula is C20H26N4O2. The molecule has 3 rings (SSSR count). The van der Waals surface area contributed by atoms with E-state index >= 15 is 0 Å². The molecule has 0 saturated carbocycles. The summed E-state index contributed by atoms with van der Waals surface area (Å²) in [5.74, 6) is -0.113. The number of rotatable bonds is 7. The lowest BCUT2D eigenvalue weighted by atomic mass is 10.1. The Bertz CT molecular complexity index is 729. The Labute approximate surface area is 154 Å². The maximum absolute atomic E-state index is 12.4. The molecule has 2 heterocycles. The molecule has 2 aromatic rings. The van der Waals surface area contributed by atoms with Crippen LogP contribution in [0.3, 0.4) is 0 Å². The van der Waals surface area contributed by atoms with Crippen LogP contribution in [0.25, 0.3) is 0 Å². The highest BCUT2D eigenvalue weighted by molar-refractivity contribution is 5.94. The van der Waals surface area contributed by atoms with Gasteiger partial charge >= 0.3 is 0 Å². The average molecular weight is 354 g/mol. The second-order valence-electron chi connectivity index (χ2n) is 6.45. The molecule has 0 radical (unpaired) electrons. The number of ether oxygens (including phenoxy) is 1. The number of morpholine rings is 1. The molecule has 26 heavy (non-hydrogen) atoms. The van der Waals surface area contributed by atoms with E-state index < -0.39 is 0 Å². The Morgan fingerprint density at radius 1 is 1.23 bits per heavy atom. The molecule has 2 N–H and O–H groups in total. The maximum atomic E-state index is 12.4. The van der Waals surface area contributed by atoms with Gasteiger partial charge in [0.05, 0.1) is 24.5 Å². The zero-order valence-electron chi connectivity index (χ0n) is 15.2. The summed E-state index contributed by atoms with van der Waals surface area (Å²) in [4.78, 5) is 19.0. The molecule has 1 aromatic heterocycles. The van der Waals surface area contributed by atoms with Gasteiger partial charge in [-0.2, -0.15) is 0 Å². The van der Waals surface area contributed by atoms with Crippen molar-refractivity contribution in [2.45, 2.75) is 13.5 Å². The molecule has 1 aliphatic heterocycles. The highest BCUT2D eigenvalue weighted by atomic mass is 16.5. The van der Waals surface area contributed by atoms with Crippen LogP contribution in [-0.2, 0) is 11.3 Å². The standard InChI is InChI=1S/C20H26N4O2/c1-16-4-2-3-5-17(16)14-23-20(25)18-12-19(15-21-13-18)22-6-7-24-8-10-26-11-9-24/h2-5,12-13,15,22H,6-11,14H2,1H3,(H,23,25). The summed E-state index contributed by atoms with van der Waals surface area (Å²) in [7, 11) is 0. The molecule has 0 aliphatic carbocycles. The number of hydrogen-bond acceptors (Lipinski definition) is 5. The number of hydrogen-bond donors (Lipinski definition) is 2. The van der Waals surface area contributed by atoms with E-state index in [1.807, 2.05) is 37.3 Å². The quantitative estimate of drug-likeness (QED) is 0.797. The summed E-state index contributed by atoms with van der Waals surface area (Å²) in [6, 6.07) is 9.89. The molecular weight excluding hydrogens is 328 g/mol. The summed E-state index contributed by atoms with van der Waals surface area (Å²) in [5, 5.41) is 6.31. The molecule has 1 fully saturated rings. The van der Waals surface area contributed by atoms with Crippen LogP contribution in [0, 0.1) is 6.92 Å². The zero-order valence-corrected chi connectivity index (χ0v) is 15.2. The Balaban J connectivity index is 1.49. The highest BCUT2D eigenvalue weighted by Gasteiger charge is 2.10. The fourth-order valence-corrected chi connectivity index (χ4v) is 2.93.